The van der Waals surface area contributed by atoms with Gasteiger partial charge in [-0.2, -0.15) is 0 Å². The van der Waals surface area contributed by atoms with E-state index in [0.717, 1.165) is 0 Å². The number of rotatable bonds is 0. The van der Waals surface area contributed by atoms with E-state index >= 15 is 0 Å². The van der Waals surface area contributed by atoms with Crippen LogP contribution < -0.4 is 5.32 Å². The van der Waals surface area contributed by atoms with Crippen molar-refractivity contribution in [3.8, 4) is 0 Å². The van der Waals surface area contributed by atoms with Crippen molar-refractivity contribution >= 4 is 0 Å². The lowest BCUT2D eigenvalue weighted by Gasteiger charge is -2.34. The fourth-order valence-corrected chi connectivity index (χ4v) is 2.95. The first-order valence-electron chi connectivity index (χ1n) is 5.54. The molecule has 0 aromatic heterocycles. The van der Waals surface area contributed by atoms with Crippen LogP contribution in [0.15, 0.2) is 24.3 Å². The van der Waals surface area contributed by atoms with Gasteiger partial charge in [-0.05, 0) is 55.3 Å². The molecule has 1 aromatic rings. The quantitative estimate of drug-likeness (QED) is 0.655. The summed E-state index contributed by atoms with van der Waals surface area (Å²) in [6.45, 7) is 2.37. The molecule has 0 saturated carbocycles. The van der Waals surface area contributed by atoms with Crippen molar-refractivity contribution < 1.29 is 0 Å². The van der Waals surface area contributed by atoms with Gasteiger partial charge in [-0.1, -0.05) is 24.3 Å². The molecule has 0 unspecified atom stereocenters. The number of benzene rings is 1. The van der Waals surface area contributed by atoms with E-state index in [-0.39, 0.29) is 0 Å². The Balaban J connectivity index is 2.03. The minimum atomic E-state index is 0.488. The predicted octanol–water partition coefficient (Wildman–Crippen LogP) is 2.26. The summed E-state index contributed by atoms with van der Waals surface area (Å²) in [6.07, 6.45) is 6.29. The third-order valence-electron chi connectivity index (χ3n) is 3.81. The molecular formula is C13H16N. The second-order valence-corrected chi connectivity index (χ2v) is 4.53. The van der Waals surface area contributed by atoms with Gasteiger partial charge < -0.3 is 5.32 Å². The summed E-state index contributed by atoms with van der Waals surface area (Å²) in [4.78, 5) is 0. The first-order chi connectivity index (χ1) is 6.91. The van der Waals surface area contributed by atoms with Crippen LogP contribution in [0.2, 0.25) is 0 Å². The summed E-state index contributed by atoms with van der Waals surface area (Å²) in [7, 11) is 0. The fraction of sp³-hybridized carbons (Fsp3) is 0.462. The van der Waals surface area contributed by atoms with Gasteiger partial charge in [0.2, 0.25) is 0 Å². The SMILES string of the molecule is [CH]1CC2(CCNCC2)c2ccccc21. The highest BCUT2D eigenvalue weighted by Gasteiger charge is 2.38. The maximum Gasteiger partial charge on any atom is -0.00140 e. The summed E-state index contributed by atoms with van der Waals surface area (Å²) < 4.78 is 0. The maximum absolute atomic E-state index is 3.45. The molecule has 3 rings (SSSR count). The number of piperidine rings is 1. The van der Waals surface area contributed by atoms with Gasteiger partial charge in [-0.25, -0.2) is 0 Å². The monoisotopic (exact) mass is 186 g/mol. The number of hydrogen-bond acceptors (Lipinski definition) is 1. The van der Waals surface area contributed by atoms with E-state index < -0.39 is 0 Å². The van der Waals surface area contributed by atoms with E-state index in [1.54, 1.807) is 5.56 Å². The summed E-state index contributed by atoms with van der Waals surface area (Å²) >= 11 is 0. The van der Waals surface area contributed by atoms with E-state index in [0.29, 0.717) is 5.41 Å². The molecule has 1 aliphatic carbocycles. The van der Waals surface area contributed by atoms with Crippen LogP contribution in [0.4, 0.5) is 0 Å². The lowest BCUT2D eigenvalue weighted by Crippen LogP contribution is -2.38. The summed E-state index contributed by atoms with van der Waals surface area (Å²) in [5.41, 5.74) is 3.57. The van der Waals surface area contributed by atoms with E-state index in [4.69, 9.17) is 0 Å². The van der Waals surface area contributed by atoms with Crippen LogP contribution in [0, 0.1) is 6.42 Å². The average molecular weight is 186 g/mol. The molecule has 14 heavy (non-hydrogen) atoms. The van der Waals surface area contributed by atoms with Crippen LogP contribution in [0.3, 0.4) is 0 Å². The zero-order valence-electron chi connectivity index (χ0n) is 8.42. The van der Waals surface area contributed by atoms with Crippen LogP contribution in [0.5, 0.6) is 0 Å². The highest BCUT2D eigenvalue weighted by molar-refractivity contribution is 5.45. The van der Waals surface area contributed by atoms with Crippen molar-refractivity contribution in [1.82, 2.24) is 5.32 Å². The summed E-state index contributed by atoms with van der Waals surface area (Å²) in [5, 5.41) is 3.45. The minimum absolute atomic E-state index is 0.488. The Morgan fingerprint density at radius 1 is 1.07 bits per heavy atom. The van der Waals surface area contributed by atoms with Gasteiger partial charge in [0.05, 0.1) is 0 Å². The lowest BCUT2D eigenvalue weighted by atomic mass is 9.74. The molecule has 0 atom stereocenters. The third kappa shape index (κ3) is 1.12. The molecule has 1 saturated heterocycles. The van der Waals surface area contributed by atoms with Crippen LogP contribution >= 0.6 is 0 Å². The Morgan fingerprint density at radius 2 is 1.86 bits per heavy atom. The lowest BCUT2D eigenvalue weighted by molar-refractivity contribution is 0.317. The zero-order chi connectivity index (χ0) is 9.43. The normalized spacial score (nSPS) is 23.7. The second-order valence-electron chi connectivity index (χ2n) is 4.53. The Morgan fingerprint density at radius 3 is 2.71 bits per heavy atom. The highest BCUT2D eigenvalue weighted by atomic mass is 14.9. The van der Waals surface area contributed by atoms with Crippen LogP contribution in [0.25, 0.3) is 0 Å². The van der Waals surface area contributed by atoms with Gasteiger partial charge in [0.25, 0.3) is 0 Å². The average Bonchev–Trinajstić information content (AvgIpc) is 2.60. The van der Waals surface area contributed by atoms with Gasteiger partial charge in [-0.15, -0.1) is 0 Å². The number of fused-ring (bicyclic) bond motifs is 2. The van der Waals surface area contributed by atoms with Gasteiger partial charge in [0.1, 0.15) is 0 Å². The zero-order valence-corrected chi connectivity index (χ0v) is 8.42. The molecular weight excluding hydrogens is 170 g/mol. The Bertz CT molecular complexity index is 331. The van der Waals surface area contributed by atoms with Crippen molar-refractivity contribution in [2.75, 3.05) is 13.1 Å². The first kappa shape index (κ1) is 8.49. The molecule has 1 nitrogen and oxygen atoms in total. The van der Waals surface area contributed by atoms with Gasteiger partial charge in [-0.3, -0.25) is 0 Å². The molecule has 1 heteroatoms. The van der Waals surface area contributed by atoms with Crippen molar-refractivity contribution in [3.63, 3.8) is 0 Å². The van der Waals surface area contributed by atoms with E-state index in [2.05, 4.69) is 36.0 Å². The Kier molecular flexibility index (Phi) is 1.88. The molecule has 2 aliphatic rings. The summed E-state index contributed by atoms with van der Waals surface area (Å²) in [5.74, 6) is 0. The van der Waals surface area contributed by atoms with Gasteiger partial charge in [0.15, 0.2) is 0 Å². The van der Waals surface area contributed by atoms with Crippen molar-refractivity contribution in [2.45, 2.75) is 24.7 Å². The highest BCUT2D eigenvalue weighted by Crippen LogP contribution is 2.45. The molecule has 1 radical (unpaired) electrons. The van der Waals surface area contributed by atoms with Gasteiger partial charge >= 0.3 is 0 Å². The first-order valence-corrected chi connectivity index (χ1v) is 5.54. The molecule has 0 amide bonds. The largest absolute Gasteiger partial charge is 0.317 e. The molecule has 1 fully saturated rings. The second kappa shape index (κ2) is 3.09. The molecule has 1 aliphatic heterocycles. The van der Waals surface area contributed by atoms with E-state index in [1.165, 1.54) is 37.9 Å². The molecule has 1 spiro atoms. The number of hydrogen-bond donors (Lipinski definition) is 1. The predicted molar refractivity (Wildman–Crippen MR) is 58.2 cm³/mol. The number of nitrogens with one attached hydrogen (secondary N) is 1. The smallest absolute Gasteiger partial charge is 0.00140 e. The molecule has 1 heterocycles. The van der Waals surface area contributed by atoms with Crippen molar-refractivity contribution in [3.05, 3.63) is 41.8 Å². The van der Waals surface area contributed by atoms with Crippen LogP contribution in [-0.2, 0) is 5.41 Å². The molecule has 1 N–H and O–H groups in total. The van der Waals surface area contributed by atoms with Crippen molar-refractivity contribution in [2.24, 2.45) is 0 Å². The molecule has 73 valence electrons. The van der Waals surface area contributed by atoms with Gasteiger partial charge in [0, 0.05) is 0 Å². The van der Waals surface area contributed by atoms with E-state index in [9.17, 15) is 0 Å². The topological polar surface area (TPSA) is 12.0 Å². The Labute approximate surface area is 85.5 Å². The minimum Gasteiger partial charge on any atom is -0.317 e. The maximum atomic E-state index is 3.45. The Hall–Kier alpha value is -0.820. The summed E-state index contributed by atoms with van der Waals surface area (Å²) in [6, 6.07) is 8.91. The van der Waals surface area contributed by atoms with Crippen molar-refractivity contribution in [1.29, 1.82) is 0 Å². The van der Waals surface area contributed by atoms with E-state index in [1.807, 2.05) is 0 Å². The third-order valence-corrected chi connectivity index (χ3v) is 3.81. The standard InChI is InChI=1S/C13H16N/c1-2-4-12-11(3-1)5-6-13(12)7-9-14-10-8-13/h1-5,14H,6-10H2. The van der Waals surface area contributed by atoms with Crippen LogP contribution in [0.1, 0.15) is 30.4 Å². The molecule has 0 bridgehead atoms. The molecule has 1 aromatic carbocycles. The fourth-order valence-electron chi connectivity index (χ4n) is 2.95. The van der Waals surface area contributed by atoms with Crippen LogP contribution in [-0.4, -0.2) is 13.1 Å².